The SMILES string of the molecule is CC(C)CCOc1ccc(C[C@H](NC(=O)[C@@H](/C=C/CCCCCCC(=O)CCC2CCCCC2)[C@@H](CC(=O)O)C(=O)O)C(=O)O)cc1. The minimum absolute atomic E-state index is 0.0520. The van der Waals surface area contributed by atoms with Crippen LogP contribution in [0.1, 0.15) is 116 Å². The maximum absolute atomic E-state index is 13.3. The first-order chi connectivity index (χ1) is 22.5. The van der Waals surface area contributed by atoms with Gasteiger partial charge in [-0.2, -0.15) is 0 Å². The van der Waals surface area contributed by atoms with Gasteiger partial charge < -0.3 is 25.4 Å². The molecule has 1 fully saturated rings. The van der Waals surface area contributed by atoms with Gasteiger partial charge in [-0.3, -0.25) is 19.2 Å². The zero-order valence-electron chi connectivity index (χ0n) is 28.2. The van der Waals surface area contributed by atoms with Crippen LogP contribution in [0, 0.1) is 23.7 Å². The molecule has 0 radical (unpaired) electrons. The van der Waals surface area contributed by atoms with E-state index in [-0.39, 0.29) is 6.42 Å². The van der Waals surface area contributed by atoms with Crippen molar-refractivity contribution >= 4 is 29.6 Å². The molecular formula is C37H55NO9. The van der Waals surface area contributed by atoms with E-state index in [1.54, 1.807) is 30.3 Å². The highest BCUT2D eigenvalue weighted by Crippen LogP contribution is 2.27. The Morgan fingerprint density at radius 3 is 2.19 bits per heavy atom. The van der Waals surface area contributed by atoms with Crippen LogP contribution in [0.2, 0.25) is 0 Å². The lowest BCUT2D eigenvalue weighted by molar-refractivity contribution is -0.152. The van der Waals surface area contributed by atoms with E-state index in [2.05, 4.69) is 19.2 Å². The second kappa shape index (κ2) is 22.0. The molecule has 0 unspecified atom stereocenters. The summed E-state index contributed by atoms with van der Waals surface area (Å²) in [5, 5.41) is 31.3. The minimum atomic E-state index is -1.57. The highest BCUT2D eigenvalue weighted by molar-refractivity contribution is 5.91. The number of carboxylic acid groups (broad SMARTS) is 3. The summed E-state index contributed by atoms with van der Waals surface area (Å²) < 4.78 is 5.70. The lowest BCUT2D eigenvalue weighted by atomic mass is 9.85. The number of nitrogens with one attached hydrogen (secondary N) is 1. The van der Waals surface area contributed by atoms with E-state index in [4.69, 9.17) is 4.74 Å². The van der Waals surface area contributed by atoms with E-state index in [0.29, 0.717) is 54.8 Å². The minimum Gasteiger partial charge on any atom is -0.494 e. The van der Waals surface area contributed by atoms with Gasteiger partial charge in [0.25, 0.3) is 0 Å². The third-order valence-electron chi connectivity index (χ3n) is 8.87. The second-order valence-electron chi connectivity index (χ2n) is 13.3. The van der Waals surface area contributed by atoms with Crippen molar-refractivity contribution in [1.82, 2.24) is 5.32 Å². The van der Waals surface area contributed by atoms with Crippen molar-refractivity contribution in [3.05, 3.63) is 42.0 Å². The molecule has 47 heavy (non-hydrogen) atoms. The number of allylic oxidation sites excluding steroid dienone is 1. The van der Waals surface area contributed by atoms with Gasteiger partial charge in [-0.25, -0.2) is 4.79 Å². The maximum atomic E-state index is 13.3. The van der Waals surface area contributed by atoms with Crippen molar-refractivity contribution in [3.63, 3.8) is 0 Å². The third-order valence-corrected chi connectivity index (χ3v) is 8.87. The van der Waals surface area contributed by atoms with Crippen LogP contribution in [0.5, 0.6) is 5.75 Å². The standard InChI is InChI=1S/C37H55NO9/c1-26(2)22-23-47-30-20-17-28(18-21-30)24-33(37(45)46)38-35(42)31(32(36(43)44)25-34(40)41)15-11-6-4-3-5-10-14-29(39)19-16-27-12-8-7-9-13-27/h11,15,17-18,20-21,26-27,31-33H,3-10,12-14,16,19,22-25H2,1-2H3,(H,38,42)(H,40,41)(H,43,44)(H,45,46)/b15-11+/t31-,32+,33-/m0/s1. The quantitative estimate of drug-likeness (QED) is 0.0687. The highest BCUT2D eigenvalue weighted by atomic mass is 16.5. The molecule has 0 aliphatic heterocycles. The summed E-state index contributed by atoms with van der Waals surface area (Å²) in [5.41, 5.74) is 0.632. The molecule has 10 heteroatoms. The first-order valence-corrected chi connectivity index (χ1v) is 17.3. The molecule has 1 amide bonds. The Balaban J connectivity index is 1.90. The number of hydrogen-bond acceptors (Lipinski definition) is 6. The number of unbranched alkanes of at least 4 members (excludes halogenated alkanes) is 4. The molecule has 1 aromatic rings. The summed E-state index contributed by atoms with van der Waals surface area (Å²) in [6.07, 6.45) is 15.6. The smallest absolute Gasteiger partial charge is 0.326 e. The zero-order valence-corrected chi connectivity index (χ0v) is 28.2. The van der Waals surface area contributed by atoms with Crippen molar-refractivity contribution in [1.29, 1.82) is 0 Å². The predicted octanol–water partition coefficient (Wildman–Crippen LogP) is 6.84. The Kier molecular flexibility index (Phi) is 18.5. The molecule has 10 nitrogen and oxygen atoms in total. The van der Waals surface area contributed by atoms with Gasteiger partial charge in [0.15, 0.2) is 0 Å². The van der Waals surface area contributed by atoms with Crippen LogP contribution in [0.25, 0.3) is 0 Å². The number of carboxylic acids is 3. The first-order valence-electron chi connectivity index (χ1n) is 17.3. The molecule has 0 bridgehead atoms. The van der Waals surface area contributed by atoms with Crippen LogP contribution in [0.15, 0.2) is 36.4 Å². The van der Waals surface area contributed by atoms with E-state index < -0.39 is 48.1 Å². The van der Waals surface area contributed by atoms with E-state index in [0.717, 1.165) is 38.5 Å². The fourth-order valence-electron chi connectivity index (χ4n) is 5.94. The van der Waals surface area contributed by atoms with Crippen molar-refractivity contribution in [2.75, 3.05) is 6.61 Å². The summed E-state index contributed by atoms with van der Waals surface area (Å²) >= 11 is 0. The van der Waals surface area contributed by atoms with Crippen LogP contribution >= 0.6 is 0 Å². The molecular weight excluding hydrogens is 602 g/mol. The number of aliphatic carboxylic acids is 3. The molecule has 1 aliphatic carbocycles. The molecule has 0 heterocycles. The Labute approximate surface area is 279 Å². The molecule has 262 valence electrons. The van der Waals surface area contributed by atoms with Gasteiger partial charge >= 0.3 is 17.9 Å². The molecule has 0 aromatic heterocycles. The Hall–Kier alpha value is -3.69. The van der Waals surface area contributed by atoms with Gasteiger partial charge in [-0.05, 0) is 61.6 Å². The van der Waals surface area contributed by atoms with Crippen LogP contribution < -0.4 is 10.1 Å². The number of hydrogen-bond donors (Lipinski definition) is 4. The number of ketones is 1. The summed E-state index contributed by atoms with van der Waals surface area (Å²) in [7, 11) is 0. The predicted molar refractivity (Wildman–Crippen MR) is 179 cm³/mol. The molecule has 2 rings (SSSR count). The molecule has 1 aromatic carbocycles. The number of Topliss-reactive ketones (excluding diaryl/α,β-unsaturated/α-hetero) is 1. The summed E-state index contributed by atoms with van der Waals surface area (Å²) in [5.74, 6) is -5.75. The lowest BCUT2D eigenvalue weighted by Gasteiger charge is -2.22. The molecule has 1 aliphatic rings. The molecule has 1 saturated carbocycles. The van der Waals surface area contributed by atoms with E-state index in [9.17, 15) is 39.3 Å². The molecule has 0 saturated heterocycles. The van der Waals surface area contributed by atoms with Gasteiger partial charge in [0, 0.05) is 19.3 Å². The number of rotatable bonds is 24. The van der Waals surface area contributed by atoms with Crippen molar-refractivity contribution in [2.45, 2.75) is 123 Å². The number of benzene rings is 1. The Morgan fingerprint density at radius 2 is 1.57 bits per heavy atom. The lowest BCUT2D eigenvalue weighted by Crippen LogP contribution is -2.47. The monoisotopic (exact) mass is 657 g/mol. The fraction of sp³-hybridized carbons (Fsp3) is 0.649. The topological polar surface area (TPSA) is 167 Å². The number of carbonyl (C=O) groups is 5. The second-order valence-corrected chi connectivity index (χ2v) is 13.3. The average Bonchev–Trinajstić information content (AvgIpc) is 3.02. The fourth-order valence-corrected chi connectivity index (χ4v) is 5.94. The average molecular weight is 658 g/mol. The van der Waals surface area contributed by atoms with Crippen LogP contribution in [-0.2, 0) is 30.4 Å². The normalized spacial score (nSPS) is 15.6. The summed E-state index contributed by atoms with van der Waals surface area (Å²) in [6, 6.07) is 5.52. The van der Waals surface area contributed by atoms with Crippen LogP contribution in [0.4, 0.5) is 0 Å². The zero-order chi connectivity index (χ0) is 34.6. The van der Waals surface area contributed by atoms with Crippen molar-refractivity contribution in [3.8, 4) is 5.75 Å². The third kappa shape index (κ3) is 16.6. The van der Waals surface area contributed by atoms with Crippen LogP contribution in [0.3, 0.4) is 0 Å². The van der Waals surface area contributed by atoms with Crippen LogP contribution in [-0.4, -0.2) is 57.6 Å². The largest absolute Gasteiger partial charge is 0.494 e. The number of amides is 1. The van der Waals surface area contributed by atoms with E-state index in [1.165, 1.54) is 38.2 Å². The first kappa shape index (κ1) is 39.5. The van der Waals surface area contributed by atoms with Gasteiger partial charge in [0.2, 0.25) is 5.91 Å². The molecule has 3 atom stereocenters. The maximum Gasteiger partial charge on any atom is 0.326 e. The van der Waals surface area contributed by atoms with Crippen molar-refractivity contribution < 1.29 is 44.0 Å². The molecule has 4 N–H and O–H groups in total. The molecule has 0 spiro atoms. The van der Waals surface area contributed by atoms with Crippen molar-refractivity contribution in [2.24, 2.45) is 23.7 Å². The Morgan fingerprint density at radius 1 is 0.894 bits per heavy atom. The van der Waals surface area contributed by atoms with Gasteiger partial charge in [-0.1, -0.05) is 83.1 Å². The van der Waals surface area contributed by atoms with Gasteiger partial charge in [0.1, 0.15) is 17.6 Å². The highest BCUT2D eigenvalue weighted by Gasteiger charge is 2.35. The van der Waals surface area contributed by atoms with Gasteiger partial charge in [-0.15, -0.1) is 0 Å². The van der Waals surface area contributed by atoms with E-state index >= 15 is 0 Å². The summed E-state index contributed by atoms with van der Waals surface area (Å²) in [4.78, 5) is 61.1. The van der Waals surface area contributed by atoms with Gasteiger partial charge in [0.05, 0.1) is 24.9 Å². The number of carbonyl (C=O) groups excluding carboxylic acids is 2. The summed E-state index contributed by atoms with van der Waals surface area (Å²) in [6.45, 7) is 4.75. The van der Waals surface area contributed by atoms with E-state index in [1.807, 2.05) is 0 Å². The Bertz CT molecular complexity index is 1150. The number of ether oxygens (including phenoxy) is 1.